The molecular weight excluding hydrogens is 363 g/mol. The lowest BCUT2D eigenvalue weighted by molar-refractivity contribution is 0.0601. The number of ether oxygens (including phenoxy) is 1. The second-order valence-corrected chi connectivity index (χ2v) is 7.45. The second-order valence-electron chi connectivity index (χ2n) is 5.10. The molecule has 1 N–H and O–H groups in total. The summed E-state index contributed by atoms with van der Waals surface area (Å²) in [4.78, 5) is 11.6. The maximum atomic E-state index is 12.6. The molecule has 130 valence electrons. The predicted octanol–water partition coefficient (Wildman–Crippen LogP) is 1.92. The molecule has 1 heterocycles. The van der Waals surface area contributed by atoms with Crippen molar-refractivity contribution < 1.29 is 17.9 Å². The van der Waals surface area contributed by atoms with Crippen LogP contribution in [0, 0.1) is 0 Å². The number of nitrogens with one attached hydrogen (secondary N) is 1. The smallest absolute Gasteiger partial charge is 0.339 e. The fourth-order valence-corrected chi connectivity index (χ4v) is 4.28. The fourth-order valence-electron chi connectivity index (χ4n) is 2.47. The molecule has 1 aliphatic rings. The molecule has 0 aromatic heterocycles. The van der Waals surface area contributed by atoms with Crippen molar-refractivity contribution in [1.82, 2.24) is 9.62 Å². The number of sulfonamides is 1. The van der Waals surface area contributed by atoms with Gasteiger partial charge in [0.25, 0.3) is 0 Å². The Morgan fingerprint density at radius 1 is 1.35 bits per heavy atom. The topological polar surface area (TPSA) is 75.7 Å². The van der Waals surface area contributed by atoms with Crippen LogP contribution in [0.15, 0.2) is 23.1 Å². The van der Waals surface area contributed by atoms with Crippen molar-refractivity contribution in [3.05, 3.63) is 28.8 Å². The number of carbonyl (C=O) groups excluding carboxylic acids is 1. The third kappa shape index (κ3) is 4.36. The first kappa shape index (κ1) is 20.2. The number of methoxy groups -OCH3 is 1. The number of halogens is 2. The highest BCUT2D eigenvalue weighted by Crippen LogP contribution is 2.25. The highest BCUT2D eigenvalue weighted by molar-refractivity contribution is 7.89. The van der Waals surface area contributed by atoms with Gasteiger partial charge in [-0.1, -0.05) is 11.6 Å². The Hall–Kier alpha value is -0.860. The molecule has 0 aliphatic carbocycles. The van der Waals surface area contributed by atoms with Crippen molar-refractivity contribution in [2.45, 2.75) is 23.8 Å². The van der Waals surface area contributed by atoms with Crippen molar-refractivity contribution in [2.24, 2.45) is 0 Å². The van der Waals surface area contributed by atoms with Gasteiger partial charge in [-0.05, 0) is 38.1 Å². The molecule has 0 amide bonds. The van der Waals surface area contributed by atoms with Gasteiger partial charge in [-0.2, -0.15) is 4.31 Å². The van der Waals surface area contributed by atoms with Crippen LogP contribution in [0.2, 0.25) is 5.02 Å². The lowest BCUT2D eigenvalue weighted by Gasteiger charge is -2.31. The van der Waals surface area contributed by atoms with Crippen molar-refractivity contribution in [2.75, 3.05) is 27.2 Å². The number of piperidine rings is 1. The average Bonchev–Trinajstić information content (AvgIpc) is 2.54. The summed E-state index contributed by atoms with van der Waals surface area (Å²) in [6.07, 6.45) is 1.54. The molecule has 2 rings (SSSR count). The molecule has 1 aliphatic heterocycles. The van der Waals surface area contributed by atoms with E-state index in [1.165, 1.54) is 29.6 Å². The summed E-state index contributed by atoms with van der Waals surface area (Å²) in [5.41, 5.74) is 0.150. The van der Waals surface area contributed by atoms with Crippen LogP contribution in [0.1, 0.15) is 23.2 Å². The second kappa shape index (κ2) is 8.30. The van der Waals surface area contributed by atoms with Crippen LogP contribution in [-0.2, 0) is 14.8 Å². The average molecular weight is 383 g/mol. The third-order valence-electron chi connectivity index (χ3n) is 3.85. The van der Waals surface area contributed by atoms with Crippen LogP contribution in [0.4, 0.5) is 0 Å². The normalized spacial score (nSPS) is 16.7. The largest absolute Gasteiger partial charge is 0.465 e. The molecule has 1 aromatic carbocycles. The zero-order chi connectivity index (χ0) is 16.3. The number of nitrogens with zero attached hydrogens (tertiary/aromatic N) is 1. The van der Waals surface area contributed by atoms with Gasteiger partial charge < -0.3 is 10.1 Å². The van der Waals surface area contributed by atoms with Crippen molar-refractivity contribution in [3.8, 4) is 0 Å². The molecule has 1 saturated heterocycles. The highest BCUT2D eigenvalue weighted by atomic mass is 35.5. The number of carbonyl (C=O) groups is 1. The van der Waals surface area contributed by atoms with Crippen LogP contribution < -0.4 is 5.32 Å². The summed E-state index contributed by atoms with van der Waals surface area (Å²) >= 11 is 6.00. The van der Waals surface area contributed by atoms with E-state index in [4.69, 9.17) is 11.6 Å². The van der Waals surface area contributed by atoms with E-state index in [2.05, 4.69) is 10.1 Å². The molecule has 6 nitrogen and oxygen atoms in total. The maximum absolute atomic E-state index is 12.6. The summed E-state index contributed by atoms with van der Waals surface area (Å²) in [5.74, 6) is -0.594. The minimum atomic E-state index is -3.60. The zero-order valence-electron chi connectivity index (χ0n) is 12.9. The van der Waals surface area contributed by atoms with Gasteiger partial charge in [0, 0.05) is 19.1 Å². The first-order chi connectivity index (χ1) is 10.4. The standard InChI is InChI=1S/C14H19ClN2O4S.ClH/c1-16-10-5-7-17(8-6-10)22(19,20)11-3-4-12(13(15)9-11)14(18)21-2;/h3-4,9-10,16H,5-8H2,1-2H3;1H. The van der Waals surface area contributed by atoms with Crippen LogP contribution in [0.5, 0.6) is 0 Å². The quantitative estimate of drug-likeness (QED) is 0.805. The highest BCUT2D eigenvalue weighted by Gasteiger charge is 2.29. The summed E-state index contributed by atoms with van der Waals surface area (Å²) in [6, 6.07) is 4.41. The zero-order valence-corrected chi connectivity index (χ0v) is 15.3. The van der Waals surface area contributed by atoms with Crippen LogP contribution in [0.25, 0.3) is 0 Å². The molecular formula is C14H20Cl2N2O4S. The Morgan fingerprint density at radius 2 is 1.96 bits per heavy atom. The van der Waals surface area contributed by atoms with Gasteiger partial charge in [0.15, 0.2) is 0 Å². The first-order valence-electron chi connectivity index (χ1n) is 6.95. The molecule has 1 fully saturated rings. The number of benzene rings is 1. The van der Waals surface area contributed by atoms with E-state index < -0.39 is 16.0 Å². The van der Waals surface area contributed by atoms with E-state index in [9.17, 15) is 13.2 Å². The number of esters is 1. The number of hydrogen-bond donors (Lipinski definition) is 1. The van der Waals surface area contributed by atoms with E-state index in [-0.39, 0.29) is 27.9 Å². The SMILES string of the molecule is CNC1CCN(S(=O)(=O)c2ccc(C(=O)OC)c(Cl)c2)CC1.Cl. The number of hydrogen-bond acceptors (Lipinski definition) is 5. The summed E-state index contributed by atoms with van der Waals surface area (Å²) in [7, 11) is -0.476. The predicted molar refractivity (Wildman–Crippen MR) is 90.9 cm³/mol. The molecule has 1 aromatic rings. The van der Waals surface area contributed by atoms with E-state index in [0.717, 1.165) is 12.8 Å². The van der Waals surface area contributed by atoms with Gasteiger partial charge in [0.1, 0.15) is 0 Å². The van der Waals surface area contributed by atoms with Gasteiger partial charge in [-0.15, -0.1) is 12.4 Å². The lowest BCUT2D eigenvalue weighted by atomic mass is 10.1. The summed E-state index contributed by atoms with van der Waals surface area (Å²) in [5, 5.41) is 3.22. The fraction of sp³-hybridized carbons (Fsp3) is 0.500. The minimum absolute atomic E-state index is 0. The van der Waals surface area contributed by atoms with E-state index in [0.29, 0.717) is 19.1 Å². The molecule has 23 heavy (non-hydrogen) atoms. The molecule has 0 spiro atoms. The third-order valence-corrected chi connectivity index (χ3v) is 6.05. The molecule has 0 radical (unpaired) electrons. The van der Waals surface area contributed by atoms with Crippen LogP contribution in [-0.4, -0.2) is 52.0 Å². The van der Waals surface area contributed by atoms with E-state index in [1.807, 2.05) is 7.05 Å². The van der Waals surface area contributed by atoms with Gasteiger partial charge in [0.2, 0.25) is 10.0 Å². The first-order valence-corrected chi connectivity index (χ1v) is 8.77. The summed E-state index contributed by atoms with van der Waals surface area (Å²) in [6.45, 7) is 0.925. The Balaban J connectivity index is 0.00000264. The van der Waals surface area contributed by atoms with Crippen molar-refractivity contribution in [3.63, 3.8) is 0 Å². The minimum Gasteiger partial charge on any atom is -0.465 e. The van der Waals surface area contributed by atoms with Gasteiger partial charge in [-0.25, -0.2) is 13.2 Å². The molecule has 0 atom stereocenters. The van der Waals surface area contributed by atoms with Crippen LogP contribution in [0.3, 0.4) is 0 Å². The van der Waals surface area contributed by atoms with Crippen molar-refractivity contribution in [1.29, 1.82) is 0 Å². The summed E-state index contributed by atoms with van der Waals surface area (Å²) < 4.78 is 31.3. The maximum Gasteiger partial charge on any atom is 0.339 e. The monoisotopic (exact) mass is 382 g/mol. The molecule has 0 unspecified atom stereocenters. The lowest BCUT2D eigenvalue weighted by Crippen LogP contribution is -2.43. The Morgan fingerprint density at radius 3 is 2.43 bits per heavy atom. The Kier molecular flexibility index (Phi) is 7.29. The van der Waals surface area contributed by atoms with Crippen molar-refractivity contribution >= 4 is 40.0 Å². The van der Waals surface area contributed by atoms with E-state index >= 15 is 0 Å². The van der Waals surface area contributed by atoms with E-state index in [1.54, 1.807) is 0 Å². The molecule has 9 heteroatoms. The van der Waals surface area contributed by atoms with Gasteiger partial charge in [-0.3, -0.25) is 0 Å². The molecule has 0 bridgehead atoms. The Bertz CT molecular complexity index is 659. The number of rotatable bonds is 4. The Labute approximate surface area is 147 Å². The van der Waals surface area contributed by atoms with Gasteiger partial charge >= 0.3 is 5.97 Å². The van der Waals surface area contributed by atoms with Gasteiger partial charge in [0.05, 0.1) is 22.6 Å². The van der Waals surface area contributed by atoms with Crippen LogP contribution >= 0.6 is 24.0 Å². The molecule has 0 saturated carbocycles.